The lowest BCUT2D eigenvalue weighted by Crippen LogP contribution is -2.10. The molecular weight excluding hydrogens is 1730 g/mol. The van der Waals surface area contributed by atoms with Gasteiger partial charge in [0.2, 0.25) is 0 Å². The molecule has 3 N–H and O–H groups in total. The second-order valence-corrected chi connectivity index (χ2v) is 38.8. The summed E-state index contributed by atoms with van der Waals surface area (Å²) in [6.45, 7) is 34.2. The highest BCUT2D eigenvalue weighted by Gasteiger charge is 2.23. The molecule has 0 fully saturated rings. The van der Waals surface area contributed by atoms with E-state index in [1.165, 1.54) is 22.3 Å². The van der Waals surface area contributed by atoms with E-state index in [-0.39, 0.29) is 38.9 Å². The summed E-state index contributed by atoms with van der Waals surface area (Å²) in [4.78, 5) is 0. The Hall–Kier alpha value is -13.0. The Balaban J connectivity index is 0.000000236. The predicted octanol–water partition coefficient (Wildman–Crippen LogP) is 36.4. The highest BCUT2D eigenvalue weighted by Crippen LogP contribution is 2.48. The van der Waals surface area contributed by atoms with Crippen molar-refractivity contribution in [2.24, 2.45) is 0 Å². The molecule has 0 aliphatic rings. The molecule has 16 aromatic carbocycles. The van der Waals surface area contributed by atoms with Crippen LogP contribution in [0.5, 0.6) is 97.7 Å². The average molecular weight is 1840 g/mol. The van der Waals surface area contributed by atoms with Crippen LogP contribution in [0.15, 0.2) is 328 Å². The molecule has 0 saturated heterocycles. The van der Waals surface area contributed by atoms with Gasteiger partial charge in [0, 0.05) is 0 Å². The maximum atomic E-state index is 9.57. The standard InChI is InChI=1S/C75H69Cl3O6.C24H18O3.C17H18Cl2O/c1-46-37-64(70(76)67(40-46)82-61-31-19-55(20-32-61)73(4,5)6)79-58-25-13-49(14-26-58)52-43-53(50-15-27-59(28-16-50)80-65-38-47(2)41-68(71(65)77)83-62-33-21-56(22-34-62)74(7,8)9)45-54(44-52)51-17-29-60(30-18-51)81-66-39-48(3)42-69(72(66)78)84-63-35-23-57(24-36-63)75(10,11)12;25-22-7-1-16(2-8-22)19-13-20(17-3-9-23(26)10-4-17)15-21(14-19)18-5-11-24(27)12-6-18;1-11-9-14(18)16(19)15(10-11)20-13-7-5-12(6-8-13)17(2,3)4/h13-45H,1-12H3;1-15,25-27H;5-10H,1-4H3. The number of halogens is 5. The van der Waals surface area contributed by atoms with E-state index in [0.29, 0.717) is 99.9 Å². The molecule has 0 radical (unpaired) electrons. The van der Waals surface area contributed by atoms with E-state index in [1.54, 1.807) is 36.4 Å². The number of rotatable bonds is 20. The summed E-state index contributed by atoms with van der Waals surface area (Å²) in [5, 5.41) is 30.8. The summed E-state index contributed by atoms with van der Waals surface area (Å²) in [7, 11) is 0. The van der Waals surface area contributed by atoms with Crippen molar-refractivity contribution in [3.05, 3.63) is 397 Å². The van der Waals surface area contributed by atoms with Crippen LogP contribution in [-0.2, 0) is 21.7 Å². The predicted molar refractivity (Wildman–Crippen MR) is 541 cm³/mol. The molecule has 0 saturated carbocycles. The Bertz CT molecular complexity index is 6110. The van der Waals surface area contributed by atoms with Crippen molar-refractivity contribution < 1.29 is 48.5 Å². The number of aromatic hydroxyl groups is 3. The second kappa shape index (κ2) is 40.1. The quantitative estimate of drug-likeness (QED) is 0.0679. The van der Waals surface area contributed by atoms with Crippen molar-refractivity contribution in [3.63, 3.8) is 0 Å². The van der Waals surface area contributed by atoms with E-state index in [9.17, 15) is 15.3 Å². The molecule has 131 heavy (non-hydrogen) atoms. The maximum absolute atomic E-state index is 9.57. The summed E-state index contributed by atoms with van der Waals surface area (Å²) >= 11 is 33.2. The van der Waals surface area contributed by atoms with Crippen LogP contribution in [0.4, 0.5) is 0 Å². The van der Waals surface area contributed by atoms with Gasteiger partial charge < -0.3 is 48.5 Å². The van der Waals surface area contributed by atoms with Gasteiger partial charge in [0.15, 0.2) is 0 Å². The zero-order valence-electron chi connectivity index (χ0n) is 76.3. The van der Waals surface area contributed by atoms with Gasteiger partial charge in [0.1, 0.15) is 118 Å². The van der Waals surface area contributed by atoms with Crippen molar-refractivity contribution >= 4 is 58.0 Å². The number of aryl methyl sites for hydroxylation is 4. The van der Waals surface area contributed by atoms with Gasteiger partial charge >= 0.3 is 0 Å². The minimum atomic E-state index is 0.0242. The van der Waals surface area contributed by atoms with Crippen molar-refractivity contribution in [1.82, 2.24) is 0 Å². The summed E-state index contributed by atoms with van der Waals surface area (Å²) < 4.78 is 44.2. The van der Waals surface area contributed by atoms with Gasteiger partial charge in [-0.05, 0) is 367 Å². The summed E-state index contributed by atoms with van der Waals surface area (Å²) in [5.41, 5.74) is 20.9. The van der Waals surface area contributed by atoms with Crippen molar-refractivity contribution in [3.8, 4) is 165 Å². The van der Waals surface area contributed by atoms with Gasteiger partial charge in [0.25, 0.3) is 0 Å². The third kappa shape index (κ3) is 24.5. The first-order valence-electron chi connectivity index (χ1n) is 43.3. The molecule has 0 atom stereocenters. The molecule has 0 aliphatic heterocycles. The van der Waals surface area contributed by atoms with E-state index >= 15 is 0 Å². The molecule has 15 heteroatoms. The zero-order chi connectivity index (χ0) is 93.4. The van der Waals surface area contributed by atoms with Gasteiger partial charge in [-0.3, -0.25) is 0 Å². The van der Waals surface area contributed by atoms with Crippen LogP contribution in [-0.4, -0.2) is 15.3 Å². The number of ether oxygens (including phenoxy) is 7. The minimum Gasteiger partial charge on any atom is -0.508 e. The number of hydrogen-bond acceptors (Lipinski definition) is 10. The Morgan fingerprint density at radius 2 is 0.321 bits per heavy atom. The van der Waals surface area contributed by atoms with Gasteiger partial charge in [-0.15, -0.1) is 0 Å². The number of phenols is 3. The highest BCUT2D eigenvalue weighted by molar-refractivity contribution is 6.43. The molecule has 0 aromatic heterocycles. The van der Waals surface area contributed by atoms with Gasteiger partial charge in [-0.25, -0.2) is 0 Å². The Morgan fingerprint density at radius 1 is 0.176 bits per heavy atom. The fraction of sp³-hybridized carbons (Fsp3) is 0.172. The van der Waals surface area contributed by atoms with E-state index in [0.717, 1.165) is 94.8 Å². The number of benzene rings is 16. The normalized spacial score (nSPS) is 11.5. The van der Waals surface area contributed by atoms with Gasteiger partial charge in [-0.2, -0.15) is 0 Å². The van der Waals surface area contributed by atoms with Gasteiger partial charge in [-0.1, -0.05) is 262 Å². The highest BCUT2D eigenvalue weighted by atomic mass is 35.5. The molecule has 10 nitrogen and oxygen atoms in total. The molecule has 0 unspecified atom stereocenters. The smallest absolute Gasteiger partial charge is 0.150 e. The van der Waals surface area contributed by atoms with Crippen LogP contribution in [0.25, 0.3) is 66.8 Å². The van der Waals surface area contributed by atoms with E-state index in [4.69, 9.17) is 91.2 Å². The molecule has 0 aliphatic carbocycles. The summed E-state index contributed by atoms with van der Waals surface area (Å²) in [6, 6.07) is 106. The SMILES string of the molecule is Cc1cc(Cl)c(Cl)c(Oc2ccc(C(C)(C)C)cc2)c1.Cc1cc(Oc2ccc(-c3cc(-c4ccc(Oc5cc(C)cc(Oc6ccc(C(C)(C)C)cc6)c5Cl)cc4)cc(-c4ccc(Oc5cc(C)cc(Oc6ccc(C(C)(C)C)cc6)c5Cl)cc4)c3)cc2)c(Cl)c(Oc2ccc(C(C)(C)C)cc2)c1.Oc1ccc(-c2cc(-c3ccc(O)cc3)cc(-c3ccc(O)cc3)c2)cc1. The van der Waals surface area contributed by atoms with Gasteiger partial charge in [0.05, 0.1) is 5.02 Å². The molecule has 664 valence electrons. The van der Waals surface area contributed by atoms with Crippen molar-refractivity contribution in [2.75, 3.05) is 0 Å². The fourth-order valence-corrected chi connectivity index (χ4v) is 15.6. The zero-order valence-corrected chi connectivity index (χ0v) is 80.0. The molecule has 16 aromatic rings. The first-order chi connectivity index (χ1) is 62.2. The van der Waals surface area contributed by atoms with E-state index in [1.807, 2.05) is 198 Å². The molecule has 0 bridgehead atoms. The Morgan fingerprint density at radius 3 is 0.489 bits per heavy atom. The third-order valence-electron chi connectivity index (χ3n) is 22.1. The van der Waals surface area contributed by atoms with Crippen molar-refractivity contribution in [1.29, 1.82) is 0 Å². The largest absolute Gasteiger partial charge is 0.508 e. The molecular formula is C116H105Cl5O10. The van der Waals surface area contributed by atoms with Crippen LogP contribution in [0.3, 0.4) is 0 Å². The van der Waals surface area contributed by atoms with Crippen LogP contribution < -0.4 is 33.2 Å². The lowest BCUT2D eigenvalue weighted by molar-refractivity contribution is 0.459. The maximum Gasteiger partial charge on any atom is 0.150 e. The molecule has 0 amide bonds. The Kier molecular flexibility index (Phi) is 28.8. The molecule has 0 spiro atoms. The van der Waals surface area contributed by atoms with E-state index < -0.39 is 0 Å². The van der Waals surface area contributed by atoms with Crippen LogP contribution in [0.2, 0.25) is 25.1 Å². The number of hydrogen-bond donors (Lipinski definition) is 3. The number of phenolic OH excluding ortho intramolecular Hbond substituents is 3. The van der Waals surface area contributed by atoms with Crippen LogP contribution >= 0.6 is 58.0 Å². The first-order valence-corrected chi connectivity index (χ1v) is 45.2. The third-order valence-corrected chi connectivity index (χ3v) is 24.0. The summed E-state index contributed by atoms with van der Waals surface area (Å²) in [6.07, 6.45) is 0. The van der Waals surface area contributed by atoms with E-state index in [2.05, 4.69) is 204 Å². The first kappa shape index (κ1) is 94.1. The van der Waals surface area contributed by atoms with Crippen LogP contribution in [0, 0.1) is 27.7 Å². The van der Waals surface area contributed by atoms with Crippen molar-refractivity contribution in [2.45, 2.75) is 132 Å². The van der Waals surface area contributed by atoms with Crippen LogP contribution in [0.1, 0.15) is 128 Å². The monoisotopic (exact) mass is 1830 g/mol. The summed E-state index contributed by atoms with van der Waals surface area (Å²) in [5.74, 6) is 9.01. The lowest BCUT2D eigenvalue weighted by atomic mass is 9.87. The molecule has 16 rings (SSSR count). The second-order valence-electron chi connectivity index (χ2n) is 36.9. The molecule has 0 heterocycles. The topological polar surface area (TPSA) is 125 Å². The Labute approximate surface area is 794 Å². The fourth-order valence-electron chi connectivity index (χ4n) is 14.7. The lowest BCUT2D eigenvalue weighted by Gasteiger charge is -2.19. The average Bonchev–Trinajstić information content (AvgIpc) is 0.789. The minimum absolute atomic E-state index is 0.0242.